The second-order valence-corrected chi connectivity index (χ2v) is 8.36. The summed E-state index contributed by atoms with van der Waals surface area (Å²) in [6, 6.07) is 17.2. The van der Waals surface area contributed by atoms with Crippen LogP contribution in [0.5, 0.6) is 17.2 Å². The number of rotatable bonds is 7. The number of amides is 1. The average Bonchev–Trinajstić information content (AvgIpc) is 3.43. The number of anilines is 1. The number of carbonyl (C=O) groups excluding carboxylic acids is 2. The van der Waals surface area contributed by atoms with Crippen LogP contribution in [0.2, 0.25) is 0 Å². The molecule has 0 radical (unpaired) electrons. The van der Waals surface area contributed by atoms with Crippen molar-refractivity contribution in [2.45, 2.75) is 19.9 Å². The summed E-state index contributed by atoms with van der Waals surface area (Å²) >= 11 is 0. The number of nitrogens with zero attached hydrogens (tertiary/aromatic N) is 2. The van der Waals surface area contributed by atoms with Gasteiger partial charge in [0, 0.05) is 6.07 Å². The number of aliphatic hydroxyl groups excluding tert-OH is 1. The molecule has 9 heteroatoms. The number of aromatic hydroxyl groups is 1. The quantitative estimate of drug-likeness (QED) is 0.191. The number of H-pyrrole nitrogens is 1. The van der Waals surface area contributed by atoms with E-state index in [0.29, 0.717) is 41.3 Å². The number of ether oxygens (including phenoxy) is 2. The average molecular weight is 500 g/mol. The largest absolute Gasteiger partial charge is 0.508 e. The molecule has 0 spiro atoms. The van der Waals surface area contributed by atoms with Crippen molar-refractivity contribution < 1.29 is 29.3 Å². The summed E-state index contributed by atoms with van der Waals surface area (Å²) < 4.78 is 11.3. The van der Waals surface area contributed by atoms with Gasteiger partial charge in [0.05, 0.1) is 41.4 Å². The maximum absolute atomic E-state index is 13.4. The summed E-state index contributed by atoms with van der Waals surface area (Å²) in [7, 11) is 0. The molecule has 1 aliphatic heterocycles. The van der Waals surface area contributed by atoms with Gasteiger partial charge in [-0.15, -0.1) is 0 Å². The van der Waals surface area contributed by atoms with Gasteiger partial charge in [0.25, 0.3) is 5.78 Å². The van der Waals surface area contributed by atoms with Gasteiger partial charge in [-0.1, -0.05) is 24.3 Å². The number of Topliss-reactive ketones (excluding diaryl/α,β-unsaturated/α-hetero) is 1. The zero-order chi connectivity index (χ0) is 26.1. The summed E-state index contributed by atoms with van der Waals surface area (Å²) in [5.74, 6) is -1.06. The monoisotopic (exact) mass is 499 g/mol. The molecule has 5 rings (SSSR count). The van der Waals surface area contributed by atoms with Crippen molar-refractivity contribution in [3.63, 3.8) is 0 Å². The number of hydrogen-bond acceptors (Lipinski definition) is 7. The lowest BCUT2D eigenvalue weighted by Crippen LogP contribution is -2.30. The van der Waals surface area contributed by atoms with Gasteiger partial charge in [-0.25, -0.2) is 4.98 Å². The predicted octanol–water partition coefficient (Wildman–Crippen LogP) is 4.69. The molecule has 1 unspecified atom stereocenters. The third kappa shape index (κ3) is 4.24. The van der Waals surface area contributed by atoms with Gasteiger partial charge in [0.1, 0.15) is 23.0 Å². The van der Waals surface area contributed by atoms with Crippen LogP contribution in [-0.2, 0) is 9.59 Å². The fourth-order valence-corrected chi connectivity index (χ4v) is 4.45. The van der Waals surface area contributed by atoms with E-state index in [2.05, 4.69) is 9.97 Å². The van der Waals surface area contributed by atoms with E-state index in [1.54, 1.807) is 43.3 Å². The molecule has 1 amide bonds. The first kappa shape index (κ1) is 23.9. The van der Waals surface area contributed by atoms with Crippen LogP contribution >= 0.6 is 0 Å². The number of phenolic OH excluding ortho intramolecular Hbond substituents is 1. The summed E-state index contributed by atoms with van der Waals surface area (Å²) in [5, 5.41) is 21.4. The van der Waals surface area contributed by atoms with Crippen LogP contribution in [0.1, 0.15) is 31.0 Å². The highest BCUT2D eigenvalue weighted by Gasteiger charge is 2.48. The summed E-state index contributed by atoms with van der Waals surface area (Å²) in [5.41, 5.74) is 1.93. The molecule has 1 fully saturated rings. The van der Waals surface area contributed by atoms with Crippen molar-refractivity contribution >= 4 is 34.4 Å². The molecule has 1 aromatic heterocycles. The molecule has 3 aromatic carbocycles. The van der Waals surface area contributed by atoms with Gasteiger partial charge in [-0.3, -0.25) is 14.5 Å². The lowest BCUT2D eigenvalue weighted by molar-refractivity contribution is -0.132. The van der Waals surface area contributed by atoms with Crippen LogP contribution < -0.4 is 14.4 Å². The van der Waals surface area contributed by atoms with E-state index in [1.165, 1.54) is 17.0 Å². The van der Waals surface area contributed by atoms with Crippen LogP contribution in [0.4, 0.5) is 5.95 Å². The number of fused-ring (bicyclic) bond motifs is 1. The van der Waals surface area contributed by atoms with Gasteiger partial charge >= 0.3 is 5.91 Å². The molecule has 0 aliphatic carbocycles. The molecule has 0 bridgehead atoms. The maximum Gasteiger partial charge on any atom is 0.302 e. The lowest BCUT2D eigenvalue weighted by Gasteiger charge is -2.23. The van der Waals surface area contributed by atoms with Gasteiger partial charge in [-0.2, -0.15) is 0 Å². The van der Waals surface area contributed by atoms with Crippen molar-refractivity contribution in [2.75, 3.05) is 18.1 Å². The van der Waals surface area contributed by atoms with Gasteiger partial charge < -0.3 is 24.7 Å². The minimum atomic E-state index is -1.01. The van der Waals surface area contributed by atoms with Gasteiger partial charge in [-0.05, 0) is 55.8 Å². The van der Waals surface area contributed by atoms with E-state index in [1.807, 2.05) is 25.1 Å². The molecule has 1 aliphatic rings. The van der Waals surface area contributed by atoms with E-state index in [-0.39, 0.29) is 28.6 Å². The normalized spacial score (nSPS) is 16.9. The molecule has 0 saturated carbocycles. The number of benzene rings is 3. The Labute approximate surface area is 212 Å². The number of ketones is 1. The Morgan fingerprint density at radius 2 is 1.73 bits per heavy atom. The highest BCUT2D eigenvalue weighted by molar-refractivity contribution is 6.51. The molecule has 1 saturated heterocycles. The topological polar surface area (TPSA) is 125 Å². The predicted molar refractivity (Wildman–Crippen MR) is 138 cm³/mol. The summed E-state index contributed by atoms with van der Waals surface area (Å²) in [6.45, 7) is 4.41. The Bertz CT molecular complexity index is 1490. The highest BCUT2D eigenvalue weighted by atomic mass is 16.5. The van der Waals surface area contributed by atoms with E-state index in [4.69, 9.17) is 9.47 Å². The molecule has 2 heterocycles. The SMILES string of the molecule is CCOc1ccc(/C(O)=C2\C(=O)C(=O)N(c3nc4ccccc4[nH]3)C2c2ccc(O)cc2)c(OCC)c1. The van der Waals surface area contributed by atoms with E-state index in [9.17, 15) is 19.8 Å². The molecule has 188 valence electrons. The van der Waals surface area contributed by atoms with Crippen LogP contribution in [-0.4, -0.2) is 45.1 Å². The molecular weight excluding hydrogens is 474 g/mol. The Morgan fingerprint density at radius 1 is 1.00 bits per heavy atom. The number of phenols is 1. The van der Waals surface area contributed by atoms with Crippen molar-refractivity contribution in [1.29, 1.82) is 0 Å². The zero-order valence-electron chi connectivity index (χ0n) is 20.3. The first-order valence-electron chi connectivity index (χ1n) is 11.9. The third-order valence-corrected chi connectivity index (χ3v) is 6.08. The number of aliphatic hydroxyl groups is 1. The standard InChI is InChI=1S/C28H25N3O6/c1-3-36-18-13-14-19(22(15-18)37-4-2)25(33)23-24(16-9-11-17(32)12-10-16)31(27(35)26(23)34)28-29-20-7-5-6-8-21(20)30-28/h5-15,24,32-33H,3-4H2,1-2H3,(H,29,30)/b25-23+. The van der Waals surface area contributed by atoms with Crippen molar-refractivity contribution in [3.8, 4) is 17.2 Å². The third-order valence-electron chi connectivity index (χ3n) is 6.08. The summed E-state index contributed by atoms with van der Waals surface area (Å²) in [6.07, 6.45) is 0. The number of hydrogen-bond donors (Lipinski definition) is 3. The number of carbonyl (C=O) groups is 2. The Kier molecular flexibility index (Phi) is 6.27. The highest BCUT2D eigenvalue weighted by Crippen LogP contribution is 2.43. The van der Waals surface area contributed by atoms with Crippen LogP contribution in [0.15, 0.2) is 72.3 Å². The molecule has 1 atom stereocenters. The van der Waals surface area contributed by atoms with Crippen molar-refractivity contribution in [1.82, 2.24) is 9.97 Å². The Hall–Kier alpha value is -4.79. The number of para-hydroxylation sites is 2. The van der Waals surface area contributed by atoms with E-state index in [0.717, 1.165) is 0 Å². The number of aromatic nitrogens is 2. The minimum absolute atomic E-state index is 0.0228. The fourth-order valence-electron chi connectivity index (χ4n) is 4.45. The van der Waals surface area contributed by atoms with Crippen molar-refractivity contribution in [2.24, 2.45) is 0 Å². The molecule has 4 aromatic rings. The van der Waals surface area contributed by atoms with Crippen molar-refractivity contribution in [3.05, 3.63) is 83.4 Å². The number of nitrogens with one attached hydrogen (secondary N) is 1. The second kappa shape index (κ2) is 9.69. The molecule has 9 nitrogen and oxygen atoms in total. The summed E-state index contributed by atoms with van der Waals surface area (Å²) in [4.78, 5) is 35.7. The lowest BCUT2D eigenvalue weighted by atomic mass is 9.95. The Balaban J connectivity index is 1.72. The van der Waals surface area contributed by atoms with E-state index >= 15 is 0 Å². The maximum atomic E-state index is 13.4. The molecule has 37 heavy (non-hydrogen) atoms. The Morgan fingerprint density at radius 3 is 2.43 bits per heavy atom. The second-order valence-electron chi connectivity index (χ2n) is 8.36. The van der Waals surface area contributed by atoms with Crippen LogP contribution in [0.25, 0.3) is 16.8 Å². The van der Waals surface area contributed by atoms with Gasteiger partial charge in [0.15, 0.2) is 0 Å². The smallest absolute Gasteiger partial charge is 0.302 e. The fraction of sp³-hybridized carbons (Fsp3) is 0.179. The molecule has 3 N–H and O–H groups in total. The first-order valence-corrected chi connectivity index (χ1v) is 11.9. The zero-order valence-corrected chi connectivity index (χ0v) is 20.3. The van der Waals surface area contributed by atoms with Gasteiger partial charge in [0.2, 0.25) is 5.95 Å². The number of aromatic amines is 1. The van der Waals surface area contributed by atoms with Crippen LogP contribution in [0, 0.1) is 0 Å². The minimum Gasteiger partial charge on any atom is -0.508 e. The first-order chi connectivity index (χ1) is 17.9. The molecular formula is C28H25N3O6. The van der Waals surface area contributed by atoms with Crippen LogP contribution in [0.3, 0.4) is 0 Å². The van der Waals surface area contributed by atoms with E-state index < -0.39 is 17.7 Å². The number of imidazole rings is 1.